The van der Waals surface area contributed by atoms with Crippen LogP contribution in [-0.4, -0.2) is 44.9 Å². The van der Waals surface area contributed by atoms with Gasteiger partial charge in [0.15, 0.2) is 0 Å². The van der Waals surface area contributed by atoms with Crippen LogP contribution >= 0.6 is 0 Å². The fourth-order valence-corrected chi connectivity index (χ4v) is 3.08. The molecule has 1 unspecified atom stereocenters. The van der Waals surface area contributed by atoms with Gasteiger partial charge in [0.05, 0.1) is 6.10 Å². The molecule has 0 bridgehead atoms. The van der Waals surface area contributed by atoms with Crippen LogP contribution in [0.15, 0.2) is 31.0 Å². The highest BCUT2D eigenvalue weighted by molar-refractivity contribution is 5.94. The molecule has 3 rings (SSSR count). The number of carbonyl (C=O) groups excluding carboxylic acids is 1. The van der Waals surface area contributed by atoms with Crippen molar-refractivity contribution < 1.29 is 9.53 Å². The second-order valence-electron chi connectivity index (χ2n) is 6.40. The second-order valence-corrected chi connectivity index (χ2v) is 6.40. The molecule has 1 saturated heterocycles. The number of piperidine rings is 1. The Hall–Kier alpha value is -2.44. The van der Waals surface area contributed by atoms with E-state index in [9.17, 15) is 4.79 Å². The van der Waals surface area contributed by atoms with E-state index in [-0.39, 0.29) is 12.1 Å². The van der Waals surface area contributed by atoms with Crippen molar-refractivity contribution in [1.29, 1.82) is 0 Å². The number of hydrogen-bond donors (Lipinski definition) is 0. The normalized spacial score (nSPS) is 18.0. The van der Waals surface area contributed by atoms with Gasteiger partial charge in [0.25, 0.3) is 0 Å². The molecule has 2 aromatic rings. The molecule has 0 aliphatic carbocycles. The number of pyridine rings is 1. The van der Waals surface area contributed by atoms with Crippen LogP contribution in [0.5, 0.6) is 0 Å². The van der Waals surface area contributed by atoms with Crippen LogP contribution in [0.1, 0.15) is 37.0 Å². The van der Waals surface area contributed by atoms with E-state index in [1.807, 2.05) is 18.5 Å². The molecule has 0 spiro atoms. The maximum atomic E-state index is 12.3. The zero-order chi connectivity index (χ0) is 16.9. The Bertz CT molecular complexity index is 671. The summed E-state index contributed by atoms with van der Waals surface area (Å²) >= 11 is 0. The Morgan fingerprint density at radius 3 is 3.08 bits per heavy atom. The van der Waals surface area contributed by atoms with Gasteiger partial charge in [-0.1, -0.05) is 0 Å². The first-order valence-electron chi connectivity index (χ1n) is 8.37. The van der Waals surface area contributed by atoms with Gasteiger partial charge in [0.2, 0.25) is 0 Å². The third-order valence-corrected chi connectivity index (χ3v) is 4.08. The quantitative estimate of drug-likeness (QED) is 0.783. The summed E-state index contributed by atoms with van der Waals surface area (Å²) in [5.41, 5.74) is 0.535. The largest absolute Gasteiger partial charge is 0.459 e. The average Bonchev–Trinajstić information content (AvgIpc) is 3.07. The highest BCUT2D eigenvalue weighted by atomic mass is 16.5. The van der Waals surface area contributed by atoms with E-state index in [4.69, 9.17) is 4.74 Å². The van der Waals surface area contributed by atoms with Gasteiger partial charge in [-0.2, -0.15) is 5.10 Å². The summed E-state index contributed by atoms with van der Waals surface area (Å²) in [4.78, 5) is 23.0. The van der Waals surface area contributed by atoms with E-state index < -0.39 is 0 Å². The highest BCUT2D eigenvalue weighted by Gasteiger charge is 2.25. The molecule has 0 aromatic carbocycles. The number of rotatable bonds is 5. The Morgan fingerprint density at radius 2 is 2.33 bits per heavy atom. The van der Waals surface area contributed by atoms with Gasteiger partial charge in [0.1, 0.15) is 24.0 Å². The molecule has 0 N–H and O–H groups in total. The zero-order valence-corrected chi connectivity index (χ0v) is 14.1. The predicted molar refractivity (Wildman–Crippen MR) is 89.7 cm³/mol. The van der Waals surface area contributed by atoms with Gasteiger partial charge in [-0.15, -0.1) is 0 Å². The fraction of sp³-hybridized carbons (Fsp3) is 0.529. The average molecular weight is 329 g/mol. The van der Waals surface area contributed by atoms with Crippen molar-refractivity contribution in [3.8, 4) is 0 Å². The number of aromatic nitrogens is 4. The number of carbonyl (C=O) groups is 1. The van der Waals surface area contributed by atoms with Crippen molar-refractivity contribution in [3.05, 3.63) is 36.5 Å². The molecule has 7 heteroatoms. The summed E-state index contributed by atoms with van der Waals surface area (Å²) in [7, 11) is 0. The van der Waals surface area contributed by atoms with E-state index in [2.05, 4.69) is 20.0 Å². The van der Waals surface area contributed by atoms with Gasteiger partial charge in [0, 0.05) is 25.8 Å². The minimum Gasteiger partial charge on any atom is -0.459 e. The van der Waals surface area contributed by atoms with Crippen LogP contribution in [0.2, 0.25) is 0 Å². The van der Waals surface area contributed by atoms with Gasteiger partial charge in [-0.3, -0.25) is 4.68 Å². The SMILES string of the molecule is CC(C)OC(=O)c1cccnc1N1CCCC(Cn2cncn2)C1. The molecule has 1 aliphatic rings. The number of hydrogen-bond acceptors (Lipinski definition) is 6. The number of esters is 1. The highest BCUT2D eigenvalue weighted by Crippen LogP contribution is 2.26. The van der Waals surface area contributed by atoms with E-state index >= 15 is 0 Å². The monoisotopic (exact) mass is 329 g/mol. The molecule has 128 valence electrons. The molecule has 1 atom stereocenters. The van der Waals surface area contributed by atoms with E-state index in [0.717, 1.165) is 32.5 Å². The van der Waals surface area contributed by atoms with Gasteiger partial charge >= 0.3 is 5.97 Å². The minimum atomic E-state index is -0.313. The molecule has 7 nitrogen and oxygen atoms in total. The topological polar surface area (TPSA) is 73.1 Å². The third-order valence-electron chi connectivity index (χ3n) is 4.08. The summed E-state index contributed by atoms with van der Waals surface area (Å²) < 4.78 is 7.21. The molecule has 3 heterocycles. The lowest BCUT2D eigenvalue weighted by molar-refractivity contribution is 0.0378. The lowest BCUT2D eigenvalue weighted by Crippen LogP contribution is -2.38. The standard InChI is InChI=1S/C17H23N5O2/c1-13(2)24-17(23)15-6-3-7-19-16(15)21-8-4-5-14(9-21)10-22-12-18-11-20-22/h3,6-7,11-14H,4-5,8-10H2,1-2H3. The molecular formula is C17H23N5O2. The van der Waals surface area contributed by atoms with Gasteiger partial charge in [-0.25, -0.2) is 14.8 Å². The maximum Gasteiger partial charge on any atom is 0.342 e. The lowest BCUT2D eigenvalue weighted by atomic mass is 9.97. The fourth-order valence-electron chi connectivity index (χ4n) is 3.08. The van der Waals surface area contributed by atoms with E-state index in [1.54, 1.807) is 31.0 Å². The second kappa shape index (κ2) is 7.42. The van der Waals surface area contributed by atoms with Crippen molar-refractivity contribution in [1.82, 2.24) is 19.7 Å². The Morgan fingerprint density at radius 1 is 1.46 bits per heavy atom. The minimum absolute atomic E-state index is 0.146. The lowest BCUT2D eigenvalue weighted by Gasteiger charge is -2.34. The zero-order valence-electron chi connectivity index (χ0n) is 14.1. The first-order valence-corrected chi connectivity index (χ1v) is 8.37. The number of ether oxygens (including phenoxy) is 1. The van der Waals surface area contributed by atoms with Crippen LogP contribution < -0.4 is 4.90 Å². The smallest absolute Gasteiger partial charge is 0.342 e. The first kappa shape index (κ1) is 16.4. The molecule has 2 aromatic heterocycles. The first-order chi connectivity index (χ1) is 11.6. The molecule has 0 radical (unpaired) electrons. The molecule has 1 aliphatic heterocycles. The van der Waals surface area contributed by atoms with Gasteiger partial charge < -0.3 is 9.64 Å². The molecule has 24 heavy (non-hydrogen) atoms. The molecule has 0 amide bonds. The van der Waals surface area contributed by atoms with Crippen molar-refractivity contribution in [3.63, 3.8) is 0 Å². The molecule has 1 fully saturated rings. The number of nitrogens with zero attached hydrogens (tertiary/aromatic N) is 5. The number of anilines is 1. The van der Waals surface area contributed by atoms with Crippen molar-refractivity contribution >= 4 is 11.8 Å². The van der Waals surface area contributed by atoms with Crippen LogP contribution in [0.3, 0.4) is 0 Å². The third kappa shape index (κ3) is 3.90. The predicted octanol–water partition coefficient (Wildman–Crippen LogP) is 2.15. The van der Waals surface area contributed by atoms with Crippen molar-refractivity contribution in [2.75, 3.05) is 18.0 Å². The maximum absolute atomic E-state index is 12.3. The van der Waals surface area contributed by atoms with Crippen molar-refractivity contribution in [2.24, 2.45) is 5.92 Å². The summed E-state index contributed by atoms with van der Waals surface area (Å²) in [6.45, 7) is 6.27. The van der Waals surface area contributed by atoms with Crippen LogP contribution in [0.25, 0.3) is 0 Å². The van der Waals surface area contributed by atoms with Crippen LogP contribution in [0.4, 0.5) is 5.82 Å². The molecule has 0 saturated carbocycles. The summed E-state index contributed by atoms with van der Waals surface area (Å²) in [6, 6.07) is 3.56. The van der Waals surface area contributed by atoms with E-state index in [0.29, 0.717) is 17.3 Å². The Kier molecular flexibility index (Phi) is 5.08. The van der Waals surface area contributed by atoms with Crippen LogP contribution in [-0.2, 0) is 11.3 Å². The molecular weight excluding hydrogens is 306 g/mol. The summed E-state index contributed by atoms with van der Waals surface area (Å²) in [5, 5.41) is 4.18. The summed E-state index contributed by atoms with van der Waals surface area (Å²) in [5.74, 6) is 0.856. The van der Waals surface area contributed by atoms with E-state index in [1.165, 1.54) is 0 Å². The Balaban J connectivity index is 1.74. The Labute approximate surface area is 141 Å². The van der Waals surface area contributed by atoms with Crippen molar-refractivity contribution in [2.45, 2.75) is 39.3 Å². The van der Waals surface area contributed by atoms with Gasteiger partial charge in [-0.05, 0) is 44.7 Å². The van der Waals surface area contributed by atoms with Crippen LogP contribution in [0, 0.1) is 5.92 Å². The summed E-state index contributed by atoms with van der Waals surface area (Å²) in [6.07, 6.45) is 7.07.